The molecule has 1 aromatic carbocycles. The molecule has 0 aromatic heterocycles. The van der Waals surface area contributed by atoms with Crippen LogP contribution in [0.3, 0.4) is 0 Å². The minimum atomic E-state index is 0.0978. The molecule has 0 heterocycles. The first kappa shape index (κ1) is 6.66. The highest BCUT2D eigenvalue weighted by Gasteiger charge is 1.91. The van der Waals surface area contributed by atoms with Crippen molar-refractivity contribution in [2.75, 3.05) is 0 Å². The van der Waals surface area contributed by atoms with Crippen molar-refractivity contribution in [3.8, 4) is 0 Å². The maximum atomic E-state index is 9.07. The molecule has 0 saturated heterocycles. The zero-order chi connectivity index (χ0) is 7.40. The van der Waals surface area contributed by atoms with E-state index in [9.17, 15) is 0 Å². The van der Waals surface area contributed by atoms with Crippen molar-refractivity contribution >= 4 is 5.76 Å². The van der Waals surface area contributed by atoms with E-state index in [4.69, 9.17) is 5.11 Å². The van der Waals surface area contributed by atoms with Crippen LogP contribution < -0.4 is 0 Å². The molecule has 0 aliphatic heterocycles. The van der Waals surface area contributed by atoms with E-state index in [0.29, 0.717) is 0 Å². The van der Waals surface area contributed by atoms with Crippen LogP contribution in [0.1, 0.15) is 5.56 Å². The average molecular weight is 132 g/mol. The van der Waals surface area contributed by atoms with Gasteiger partial charge in [-0.05, 0) is 0 Å². The molecule has 1 rings (SSSR count). The van der Waals surface area contributed by atoms with Crippen LogP contribution in [0, 0.1) is 0 Å². The van der Waals surface area contributed by atoms with Gasteiger partial charge in [-0.25, -0.2) is 0 Å². The van der Waals surface area contributed by atoms with E-state index in [1.165, 1.54) is 0 Å². The van der Waals surface area contributed by atoms with Gasteiger partial charge < -0.3 is 5.11 Å². The monoisotopic (exact) mass is 132 g/mol. The number of aliphatic hydroxyl groups is 1. The highest BCUT2D eigenvalue weighted by molar-refractivity contribution is 5.56. The smallest absolute Gasteiger partial charge is 0.166 e. The summed E-state index contributed by atoms with van der Waals surface area (Å²) < 4.78 is 0. The zero-order valence-electron chi connectivity index (χ0n) is 5.54. The maximum Gasteiger partial charge on any atom is 0.166 e. The van der Waals surface area contributed by atoms with Gasteiger partial charge in [0.25, 0.3) is 0 Å². The third-order valence-electron chi connectivity index (χ3n) is 1.21. The molecule has 0 saturated carbocycles. The summed E-state index contributed by atoms with van der Waals surface area (Å²) in [5, 5.41) is 9.07. The van der Waals surface area contributed by atoms with Crippen LogP contribution in [0.4, 0.5) is 0 Å². The van der Waals surface area contributed by atoms with Gasteiger partial charge >= 0.3 is 0 Å². The van der Waals surface area contributed by atoms with Crippen LogP contribution >= 0.6 is 0 Å². The Kier molecular flexibility index (Phi) is 1.93. The molecule has 50 valence electrons. The van der Waals surface area contributed by atoms with Crippen LogP contribution in [-0.2, 0) is 0 Å². The maximum absolute atomic E-state index is 9.07. The summed E-state index contributed by atoms with van der Waals surface area (Å²) in [6.45, 7) is 3.32. The minimum Gasteiger partial charge on any atom is -0.501 e. The first-order chi connectivity index (χ1) is 4.84. The second kappa shape index (κ2) is 2.90. The zero-order valence-corrected chi connectivity index (χ0v) is 5.54. The predicted octanol–water partition coefficient (Wildman–Crippen LogP) is 2.37. The van der Waals surface area contributed by atoms with Gasteiger partial charge in [0.15, 0.2) is 5.76 Å². The molecule has 0 aliphatic carbocycles. The third-order valence-corrected chi connectivity index (χ3v) is 1.21. The van der Waals surface area contributed by atoms with Gasteiger partial charge in [0.05, 0.1) is 0 Å². The third kappa shape index (κ3) is 1.28. The molecule has 0 radical (unpaired) electrons. The Morgan fingerprint density at radius 3 is 2.40 bits per heavy atom. The van der Waals surface area contributed by atoms with Crippen LogP contribution in [0.5, 0.6) is 0 Å². The van der Waals surface area contributed by atoms with Gasteiger partial charge in [-0.15, -0.1) is 0 Å². The fourth-order valence-electron chi connectivity index (χ4n) is 0.698. The van der Waals surface area contributed by atoms with Gasteiger partial charge in [0, 0.05) is 5.56 Å². The summed E-state index contributed by atoms with van der Waals surface area (Å²) in [4.78, 5) is 0. The van der Waals surface area contributed by atoms with Gasteiger partial charge in [-0.2, -0.15) is 0 Å². The molecule has 1 heteroatoms. The van der Waals surface area contributed by atoms with Gasteiger partial charge in [-0.3, -0.25) is 0 Å². The van der Waals surface area contributed by atoms with Crippen molar-refractivity contribution < 1.29 is 5.11 Å². The fourth-order valence-corrected chi connectivity index (χ4v) is 0.698. The first-order valence-corrected chi connectivity index (χ1v) is 2.99. The van der Waals surface area contributed by atoms with Crippen molar-refractivity contribution in [1.29, 1.82) is 0 Å². The molecule has 0 amide bonds. The summed E-state index contributed by atoms with van der Waals surface area (Å²) in [6.07, 6.45) is 0. The summed E-state index contributed by atoms with van der Waals surface area (Å²) in [7, 11) is 0. The second-order valence-corrected chi connectivity index (χ2v) is 1.89. The molecule has 1 nitrogen and oxygen atoms in total. The average Bonchev–Trinajstić information content (AvgIpc) is 2.05. The lowest BCUT2D eigenvalue weighted by Gasteiger charge is -1.93. The predicted molar refractivity (Wildman–Crippen MR) is 41.6 cm³/mol. The molecule has 0 atom stereocenters. The molecule has 0 aliphatic rings. The quantitative estimate of drug-likeness (QED) is 0.459. The van der Waals surface area contributed by atoms with Gasteiger partial charge in [0.1, 0.15) is 0 Å². The largest absolute Gasteiger partial charge is 0.501 e. The molecular formula is C9H8O. The van der Waals surface area contributed by atoms with E-state index >= 15 is 0 Å². The minimum absolute atomic E-state index is 0.0978. The Morgan fingerprint density at radius 1 is 1.30 bits per heavy atom. The fraction of sp³-hybridized carbons (Fsp3) is 0. The van der Waals surface area contributed by atoms with Crippen molar-refractivity contribution in [2.24, 2.45) is 0 Å². The Balaban J connectivity index is 3.08. The number of rotatable bonds is 1. The summed E-state index contributed by atoms with van der Waals surface area (Å²) in [6, 6.07) is 9.19. The van der Waals surface area contributed by atoms with Crippen LogP contribution in [0.15, 0.2) is 42.6 Å². The highest BCUT2D eigenvalue weighted by Crippen LogP contribution is 2.07. The molecular weight excluding hydrogens is 124 g/mol. The molecule has 1 N–H and O–H groups in total. The topological polar surface area (TPSA) is 20.2 Å². The summed E-state index contributed by atoms with van der Waals surface area (Å²) >= 11 is 0. The Hall–Kier alpha value is -1.46. The number of benzene rings is 1. The molecule has 1 aromatic rings. The van der Waals surface area contributed by atoms with Gasteiger partial charge in [0.2, 0.25) is 0 Å². The summed E-state index contributed by atoms with van der Waals surface area (Å²) in [5.74, 6) is 0.0978. The van der Waals surface area contributed by atoms with E-state index in [1.54, 1.807) is 12.1 Å². The molecule has 10 heavy (non-hydrogen) atoms. The first-order valence-electron chi connectivity index (χ1n) is 2.99. The van der Waals surface area contributed by atoms with E-state index < -0.39 is 0 Å². The van der Waals surface area contributed by atoms with Gasteiger partial charge in [-0.1, -0.05) is 42.6 Å². The van der Waals surface area contributed by atoms with Crippen molar-refractivity contribution in [3.63, 3.8) is 0 Å². The molecule has 0 bridgehead atoms. The standard InChI is InChI=1S/C9H8O/c1-2-9(10)8-6-4-3-5-7-8/h3-7,10H,1H2. The number of hydrogen-bond donors (Lipinski definition) is 1. The Bertz CT molecular complexity index is 255. The lowest BCUT2D eigenvalue weighted by molar-refractivity contribution is 0.513. The number of hydrogen-bond acceptors (Lipinski definition) is 1. The molecule has 0 spiro atoms. The summed E-state index contributed by atoms with van der Waals surface area (Å²) in [5.41, 5.74) is 3.15. The van der Waals surface area contributed by atoms with Crippen LogP contribution in [0.2, 0.25) is 0 Å². The Labute approximate surface area is 59.9 Å². The molecule has 0 fully saturated rings. The van der Waals surface area contributed by atoms with Crippen LogP contribution in [-0.4, -0.2) is 5.11 Å². The van der Waals surface area contributed by atoms with E-state index in [0.717, 1.165) is 5.56 Å². The lowest BCUT2D eigenvalue weighted by atomic mass is 10.2. The lowest BCUT2D eigenvalue weighted by Crippen LogP contribution is -1.77. The highest BCUT2D eigenvalue weighted by atomic mass is 16.3. The van der Waals surface area contributed by atoms with Crippen molar-refractivity contribution in [1.82, 2.24) is 0 Å². The van der Waals surface area contributed by atoms with E-state index in [1.807, 2.05) is 18.2 Å². The number of aliphatic hydroxyl groups excluding tert-OH is 1. The second-order valence-electron chi connectivity index (χ2n) is 1.89. The SMILES string of the molecule is C=C=C(O)c1ccccc1. The van der Waals surface area contributed by atoms with Crippen molar-refractivity contribution in [2.45, 2.75) is 0 Å². The molecule has 0 unspecified atom stereocenters. The Morgan fingerprint density at radius 2 is 1.90 bits per heavy atom. The van der Waals surface area contributed by atoms with Crippen LogP contribution in [0.25, 0.3) is 5.76 Å². The van der Waals surface area contributed by atoms with E-state index in [-0.39, 0.29) is 5.76 Å². The normalized spacial score (nSPS) is 8.40. The van der Waals surface area contributed by atoms with E-state index in [2.05, 4.69) is 12.3 Å². The van der Waals surface area contributed by atoms with Crippen molar-refractivity contribution in [3.05, 3.63) is 48.2 Å².